The third kappa shape index (κ3) is 2.56. The quantitative estimate of drug-likeness (QED) is 0.743. The van der Waals surface area contributed by atoms with E-state index in [1.165, 1.54) is 7.11 Å². The summed E-state index contributed by atoms with van der Waals surface area (Å²) in [5.41, 5.74) is 6.78. The average molecular weight is 211 g/mol. The molecule has 84 valence electrons. The minimum absolute atomic E-state index is 0.220. The fourth-order valence-corrected chi connectivity index (χ4v) is 1.53. The Morgan fingerprint density at radius 2 is 2.40 bits per heavy atom. The highest BCUT2D eigenvalue weighted by atomic mass is 16.5. The maximum atomic E-state index is 11.4. The summed E-state index contributed by atoms with van der Waals surface area (Å²) in [6, 6.07) is 0. The van der Waals surface area contributed by atoms with Gasteiger partial charge in [0.2, 0.25) is 0 Å². The van der Waals surface area contributed by atoms with E-state index in [-0.39, 0.29) is 5.92 Å². The highest BCUT2D eigenvalue weighted by molar-refractivity contribution is 5.88. The fraction of sp³-hybridized carbons (Fsp3) is 0.600. The molecule has 0 saturated heterocycles. The number of rotatable bonds is 4. The van der Waals surface area contributed by atoms with Crippen molar-refractivity contribution in [3.05, 3.63) is 17.5 Å². The Kier molecular flexibility index (Phi) is 3.85. The first-order chi connectivity index (χ1) is 7.10. The highest BCUT2D eigenvalue weighted by Gasteiger charge is 2.20. The number of methoxy groups -OCH3 is 1. The van der Waals surface area contributed by atoms with Crippen LogP contribution in [0.4, 0.5) is 0 Å². The van der Waals surface area contributed by atoms with Crippen molar-refractivity contribution in [3.8, 4) is 0 Å². The first-order valence-electron chi connectivity index (χ1n) is 4.92. The Morgan fingerprint density at radius 3 is 2.93 bits per heavy atom. The van der Waals surface area contributed by atoms with Gasteiger partial charge in [-0.2, -0.15) is 5.10 Å². The van der Waals surface area contributed by atoms with E-state index in [0.717, 1.165) is 12.0 Å². The first-order valence-corrected chi connectivity index (χ1v) is 4.92. The molecule has 5 nitrogen and oxygen atoms in total. The number of hydrogen-bond acceptors (Lipinski definition) is 4. The van der Waals surface area contributed by atoms with Gasteiger partial charge in [-0.1, -0.05) is 6.92 Å². The standard InChI is InChI=1S/C10H17N3O2/c1-7(4-5-11)8-6-13(2)12-9(8)10(14)15-3/h6-7H,4-5,11H2,1-3H3. The minimum Gasteiger partial charge on any atom is -0.464 e. The van der Waals surface area contributed by atoms with Gasteiger partial charge in [0.25, 0.3) is 0 Å². The van der Waals surface area contributed by atoms with E-state index < -0.39 is 5.97 Å². The summed E-state index contributed by atoms with van der Waals surface area (Å²) < 4.78 is 6.29. The highest BCUT2D eigenvalue weighted by Crippen LogP contribution is 2.21. The lowest BCUT2D eigenvalue weighted by Crippen LogP contribution is -2.10. The van der Waals surface area contributed by atoms with Gasteiger partial charge in [0, 0.05) is 18.8 Å². The van der Waals surface area contributed by atoms with Crippen LogP contribution in [0.2, 0.25) is 0 Å². The molecule has 1 heterocycles. The number of nitrogens with two attached hydrogens (primary N) is 1. The van der Waals surface area contributed by atoms with Gasteiger partial charge in [-0.05, 0) is 18.9 Å². The normalized spacial score (nSPS) is 12.5. The molecular formula is C10H17N3O2. The van der Waals surface area contributed by atoms with Gasteiger partial charge in [-0.3, -0.25) is 4.68 Å². The molecule has 0 aliphatic rings. The van der Waals surface area contributed by atoms with Crippen LogP contribution in [0.1, 0.15) is 35.3 Å². The van der Waals surface area contributed by atoms with E-state index in [0.29, 0.717) is 12.2 Å². The Balaban J connectivity index is 3.00. The zero-order valence-corrected chi connectivity index (χ0v) is 9.36. The summed E-state index contributed by atoms with van der Waals surface area (Å²) in [5.74, 6) is -0.174. The second-order valence-electron chi connectivity index (χ2n) is 3.58. The predicted octanol–water partition coefficient (Wildman–Crippen LogP) is 0.659. The topological polar surface area (TPSA) is 70.1 Å². The van der Waals surface area contributed by atoms with Crippen LogP contribution in [0.15, 0.2) is 6.20 Å². The third-order valence-electron chi connectivity index (χ3n) is 2.37. The second-order valence-corrected chi connectivity index (χ2v) is 3.58. The van der Waals surface area contributed by atoms with Crippen molar-refractivity contribution in [3.63, 3.8) is 0 Å². The zero-order chi connectivity index (χ0) is 11.4. The van der Waals surface area contributed by atoms with E-state index in [9.17, 15) is 4.79 Å². The molecule has 1 aromatic heterocycles. The Hall–Kier alpha value is -1.36. The van der Waals surface area contributed by atoms with Crippen molar-refractivity contribution in [2.45, 2.75) is 19.3 Å². The lowest BCUT2D eigenvalue weighted by atomic mass is 9.98. The Morgan fingerprint density at radius 1 is 1.73 bits per heavy atom. The van der Waals surface area contributed by atoms with Crippen molar-refractivity contribution >= 4 is 5.97 Å². The van der Waals surface area contributed by atoms with Gasteiger partial charge in [0.1, 0.15) is 0 Å². The van der Waals surface area contributed by atoms with Crippen molar-refractivity contribution in [1.29, 1.82) is 0 Å². The molecule has 0 aromatic carbocycles. The number of aryl methyl sites for hydroxylation is 1. The number of ether oxygens (including phenoxy) is 1. The van der Waals surface area contributed by atoms with Crippen LogP contribution in [0, 0.1) is 0 Å². The summed E-state index contributed by atoms with van der Waals surface area (Å²) in [7, 11) is 3.14. The Bertz CT molecular complexity index is 346. The molecule has 0 radical (unpaired) electrons. The van der Waals surface area contributed by atoms with Gasteiger partial charge < -0.3 is 10.5 Å². The molecule has 0 spiro atoms. The minimum atomic E-state index is -0.394. The molecule has 0 aliphatic heterocycles. The van der Waals surface area contributed by atoms with E-state index in [2.05, 4.69) is 9.84 Å². The van der Waals surface area contributed by atoms with Gasteiger partial charge >= 0.3 is 5.97 Å². The van der Waals surface area contributed by atoms with Crippen LogP contribution in [0.25, 0.3) is 0 Å². The number of carbonyl (C=O) groups excluding carboxylic acids is 1. The summed E-state index contributed by atoms with van der Waals surface area (Å²) in [6.07, 6.45) is 2.67. The maximum Gasteiger partial charge on any atom is 0.358 e. The van der Waals surface area contributed by atoms with Crippen LogP contribution < -0.4 is 5.73 Å². The van der Waals surface area contributed by atoms with Crippen LogP contribution in [-0.4, -0.2) is 29.4 Å². The number of esters is 1. The molecule has 1 rings (SSSR count). The van der Waals surface area contributed by atoms with Crippen LogP contribution in [0.5, 0.6) is 0 Å². The SMILES string of the molecule is COC(=O)c1nn(C)cc1C(C)CCN. The molecule has 0 aliphatic carbocycles. The predicted molar refractivity (Wildman–Crippen MR) is 56.6 cm³/mol. The van der Waals surface area contributed by atoms with Gasteiger partial charge in [-0.15, -0.1) is 0 Å². The average Bonchev–Trinajstić information content (AvgIpc) is 2.59. The molecule has 5 heteroatoms. The molecule has 0 fully saturated rings. The van der Waals surface area contributed by atoms with Gasteiger partial charge in [-0.25, -0.2) is 4.79 Å². The van der Waals surface area contributed by atoms with E-state index in [1.54, 1.807) is 11.7 Å². The van der Waals surface area contributed by atoms with E-state index >= 15 is 0 Å². The largest absolute Gasteiger partial charge is 0.464 e. The third-order valence-corrected chi connectivity index (χ3v) is 2.37. The van der Waals surface area contributed by atoms with Crippen molar-refractivity contribution in [2.24, 2.45) is 12.8 Å². The van der Waals surface area contributed by atoms with Crippen LogP contribution in [-0.2, 0) is 11.8 Å². The van der Waals surface area contributed by atoms with Gasteiger partial charge in [0.15, 0.2) is 5.69 Å². The molecule has 15 heavy (non-hydrogen) atoms. The first kappa shape index (κ1) is 11.7. The Labute approximate surface area is 89.2 Å². The van der Waals surface area contributed by atoms with Crippen LogP contribution >= 0.6 is 0 Å². The summed E-state index contributed by atoms with van der Waals surface area (Å²) in [6.45, 7) is 2.62. The van der Waals surface area contributed by atoms with Crippen molar-refractivity contribution in [2.75, 3.05) is 13.7 Å². The number of hydrogen-bond donors (Lipinski definition) is 1. The van der Waals surface area contributed by atoms with Crippen molar-refractivity contribution < 1.29 is 9.53 Å². The number of carbonyl (C=O) groups is 1. The summed E-state index contributed by atoms with van der Waals surface area (Å²) in [4.78, 5) is 11.4. The van der Waals surface area contributed by atoms with Crippen LogP contribution in [0.3, 0.4) is 0 Å². The zero-order valence-electron chi connectivity index (χ0n) is 9.36. The van der Waals surface area contributed by atoms with Crippen molar-refractivity contribution in [1.82, 2.24) is 9.78 Å². The van der Waals surface area contributed by atoms with E-state index in [1.807, 2.05) is 13.1 Å². The van der Waals surface area contributed by atoms with Gasteiger partial charge in [0.05, 0.1) is 7.11 Å². The second kappa shape index (κ2) is 4.93. The molecule has 0 amide bonds. The molecule has 0 saturated carbocycles. The lowest BCUT2D eigenvalue weighted by molar-refractivity contribution is 0.0591. The monoisotopic (exact) mass is 211 g/mol. The molecule has 0 bridgehead atoms. The summed E-state index contributed by atoms with van der Waals surface area (Å²) in [5, 5.41) is 4.09. The lowest BCUT2D eigenvalue weighted by Gasteiger charge is -2.08. The number of aromatic nitrogens is 2. The smallest absolute Gasteiger partial charge is 0.358 e. The maximum absolute atomic E-state index is 11.4. The number of nitrogens with zero attached hydrogens (tertiary/aromatic N) is 2. The van der Waals surface area contributed by atoms with E-state index in [4.69, 9.17) is 5.73 Å². The molecule has 1 atom stereocenters. The molecule has 1 aromatic rings. The fourth-order valence-electron chi connectivity index (χ4n) is 1.53. The molecule has 2 N–H and O–H groups in total. The molecular weight excluding hydrogens is 194 g/mol. The molecule has 1 unspecified atom stereocenters. The summed E-state index contributed by atoms with van der Waals surface area (Å²) >= 11 is 0.